The van der Waals surface area contributed by atoms with E-state index >= 15 is 0 Å². The van der Waals surface area contributed by atoms with E-state index in [4.69, 9.17) is 4.74 Å². The second kappa shape index (κ2) is 7.71. The summed E-state index contributed by atoms with van der Waals surface area (Å²) >= 11 is 1.49. The number of thiophene rings is 1. The quantitative estimate of drug-likeness (QED) is 0.703. The van der Waals surface area contributed by atoms with Crippen molar-refractivity contribution in [3.05, 3.63) is 36.4 Å². The summed E-state index contributed by atoms with van der Waals surface area (Å²) in [6, 6.07) is 7.06. The van der Waals surface area contributed by atoms with Gasteiger partial charge in [0, 0.05) is 30.4 Å². The Balaban J connectivity index is 1.59. The highest BCUT2D eigenvalue weighted by Gasteiger charge is 2.26. The van der Waals surface area contributed by atoms with Gasteiger partial charge in [0.05, 0.1) is 12.5 Å². The van der Waals surface area contributed by atoms with Crippen LogP contribution in [0, 0.1) is 5.82 Å². The van der Waals surface area contributed by atoms with Gasteiger partial charge in [-0.1, -0.05) is 6.92 Å². The Labute approximate surface area is 166 Å². The summed E-state index contributed by atoms with van der Waals surface area (Å²) in [4.78, 5) is 24.3. The number of carbonyl (C=O) groups excluding carboxylic acids is 1. The van der Waals surface area contributed by atoms with Gasteiger partial charge >= 0.3 is 0 Å². The van der Waals surface area contributed by atoms with Gasteiger partial charge in [-0.15, -0.1) is 11.3 Å². The van der Waals surface area contributed by atoms with Gasteiger partial charge in [0.2, 0.25) is 5.91 Å². The number of ether oxygens (including phenoxy) is 1. The number of benzene rings is 1. The van der Waals surface area contributed by atoms with Crippen LogP contribution in [-0.4, -0.2) is 47.0 Å². The van der Waals surface area contributed by atoms with Crippen molar-refractivity contribution in [2.75, 3.05) is 25.5 Å². The molecule has 0 radical (unpaired) electrons. The van der Waals surface area contributed by atoms with Crippen LogP contribution in [0.4, 0.5) is 10.2 Å². The molecule has 146 valence electrons. The van der Waals surface area contributed by atoms with Crippen molar-refractivity contribution in [2.24, 2.45) is 0 Å². The lowest BCUT2D eigenvalue weighted by Gasteiger charge is -2.16. The Hall–Kier alpha value is -2.74. The van der Waals surface area contributed by atoms with Crippen LogP contribution in [0.2, 0.25) is 0 Å². The molecule has 3 aromatic rings. The predicted molar refractivity (Wildman–Crippen MR) is 108 cm³/mol. The lowest BCUT2D eigenvalue weighted by Crippen LogP contribution is -2.31. The van der Waals surface area contributed by atoms with Crippen molar-refractivity contribution >= 4 is 33.3 Å². The highest BCUT2D eigenvalue weighted by Crippen LogP contribution is 2.36. The van der Waals surface area contributed by atoms with E-state index in [1.165, 1.54) is 30.8 Å². The topological polar surface area (TPSA) is 67.4 Å². The molecule has 28 heavy (non-hydrogen) atoms. The lowest BCUT2D eigenvalue weighted by atomic mass is 10.1. The summed E-state index contributed by atoms with van der Waals surface area (Å²) in [6.07, 6.45) is 2.94. The van der Waals surface area contributed by atoms with Crippen molar-refractivity contribution in [1.82, 2.24) is 14.9 Å². The van der Waals surface area contributed by atoms with Crippen LogP contribution in [0.1, 0.15) is 19.8 Å². The molecule has 1 atom stereocenters. The zero-order valence-electron chi connectivity index (χ0n) is 15.7. The molecule has 0 aliphatic carbocycles. The maximum absolute atomic E-state index is 14.1. The first-order chi connectivity index (χ1) is 13.6. The van der Waals surface area contributed by atoms with E-state index in [0.29, 0.717) is 13.0 Å². The number of nitrogens with one attached hydrogen (secondary N) is 1. The number of nitrogens with zero attached hydrogens (tertiary/aromatic N) is 3. The van der Waals surface area contributed by atoms with Crippen molar-refractivity contribution in [1.29, 1.82) is 0 Å². The molecule has 0 saturated carbocycles. The Bertz CT molecular complexity index is 1020. The summed E-state index contributed by atoms with van der Waals surface area (Å²) in [5, 5.41) is 4.36. The largest absolute Gasteiger partial charge is 0.494 e. The summed E-state index contributed by atoms with van der Waals surface area (Å²) < 4.78 is 19.1. The number of rotatable bonds is 5. The number of carbonyl (C=O) groups is 1. The van der Waals surface area contributed by atoms with Gasteiger partial charge < -0.3 is 15.0 Å². The van der Waals surface area contributed by atoms with Crippen LogP contribution in [0.15, 0.2) is 30.6 Å². The fourth-order valence-corrected chi connectivity index (χ4v) is 4.45. The van der Waals surface area contributed by atoms with E-state index in [-0.39, 0.29) is 17.7 Å². The first-order valence-electron chi connectivity index (χ1n) is 9.21. The highest BCUT2D eigenvalue weighted by atomic mass is 32.1. The summed E-state index contributed by atoms with van der Waals surface area (Å²) in [5.41, 5.74) is 0.771. The van der Waals surface area contributed by atoms with Crippen LogP contribution in [0.5, 0.6) is 5.75 Å². The number of likely N-dealkylation sites (tertiary alicyclic amines) is 1. The third kappa shape index (κ3) is 3.52. The molecule has 0 bridgehead atoms. The summed E-state index contributed by atoms with van der Waals surface area (Å²) in [5.74, 6) is 0.752. The van der Waals surface area contributed by atoms with Gasteiger partial charge in [0.15, 0.2) is 11.6 Å². The van der Waals surface area contributed by atoms with Crippen molar-refractivity contribution < 1.29 is 13.9 Å². The number of hydrogen-bond acceptors (Lipinski definition) is 6. The minimum atomic E-state index is -0.395. The molecule has 1 aromatic carbocycles. The molecular formula is C20H21FN4O2S. The highest BCUT2D eigenvalue weighted by molar-refractivity contribution is 7.21. The average Bonchev–Trinajstić information content (AvgIpc) is 3.35. The minimum Gasteiger partial charge on any atom is -0.494 e. The molecular weight excluding hydrogens is 379 g/mol. The smallest absolute Gasteiger partial charge is 0.222 e. The Morgan fingerprint density at radius 3 is 3.00 bits per heavy atom. The number of fused-ring (bicyclic) bond motifs is 1. The third-order valence-corrected chi connectivity index (χ3v) is 6.04. The first kappa shape index (κ1) is 18.6. The van der Waals surface area contributed by atoms with Crippen LogP contribution in [0.3, 0.4) is 0 Å². The number of halogens is 1. The normalized spacial score (nSPS) is 16.5. The van der Waals surface area contributed by atoms with Gasteiger partial charge in [-0.3, -0.25) is 4.79 Å². The Kier molecular flexibility index (Phi) is 5.13. The molecule has 1 saturated heterocycles. The van der Waals surface area contributed by atoms with Crippen molar-refractivity contribution in [3.8, 4) is 16.2 Å². The zero-order chi connectivity index (χ0) is 19.7. The SMILES string of the molecule is CCC(=O)N1CC[C@H](Nc2ncnc3sc(-c4ccc(OC)c(F)c4)cc23)C1. The second-order valence-corrected chi connectivity index (χ2v) is 7.75. The fourth-order valence-electron chi connectivity index (χ4n) is 3.45. The van der Waals surface area contributed by atoms with Gasteiger partial charge in [-0.25, -0.2) is 14.4 Å². The van der Waals surface area contributed by atoms with Gasteiger partial charge in [-0.2, -0.15) is 0 Å². The average molecular weight is 400 g/mol. The van der Waals surface area contributed by atoms with Crippen LogP contribution in [0.25, 0.3) is 20.7 Å². The minimum absolute atomic E-state index is 0.162. The number of aromatic nitrogens is 2. The molecule has 0 unspecified atom stereocenters. The standard InChI is InChI=1S/C20H21FN4O2S/c1-3-18(26)25-7-6-13(10-25)24-19-14-9-17(28-20(14)23-11-22-19)12-4-5-16(27-2)15(21)8-12/h4-5,8-9,11,13H,3,6-7,10H2,1-2H3,(H,22,23,24)/t13-/m0/s1. The maximum Gasteiger partial charge on any atom is 0.222 e. The van der Waals surface area contributed by atoms with Crippen LogP contribution < -0.4 is 10.1 Å². The van der Waals surface area contributed by atoms with Crippen LogP contribution in [-0.2, 0) is 4.79 Å². The number of methoxy groups -OCH3 is 1. The van der Waals surface area contributed by atoms with E-state index in [1.54, 1.807) is 6.07 Å². The number of amides is 1. The molecule has 2 aromatic heterocycles. The van der Waals surface area contributed by atoms with Crippen molar-refractivity contribution in [3.63, 3.8) is 0 Å². The van der Waals surface area contributed by atoms with E-state index < -0.39 is 5.82 Å². The molecule has 6 nitrogen and oxygen atoms in total. The monoisotopic (exact) mass is 400 g/mol. The van der Waals surface area contributed by atoms with E-state index in [2.05, 4.69) is 15.3 Å². The maximum atomic E-state index is 14.1. The second-order valence-electron chi connectivity index (χ2n) is 6.72. The molecule has 1 N–H and O–H groups in total. The zero-order valence-corrected chi connectivity index (χ0v) is 16.6. The molecule has 8 heteroatoms. The van der Waals surface area contributed by atoms with E-state index in [1.807, 2.05) is 24.0 Å². The molecule has 1 aliphatic rings. The number of anilines is 1. The lowest BCUT2D eigenvalue weighted by molar-refractivity contribution is -0.129. The van der Waals surface area contributed by atoms with Crippen molar-refractivity contribution in [2.45, 2.75) is 25.8 Å². The molecule has 0 spiro atoms. The first-order valence-corrected chi connectivity index (χ1v) is 10.0. The Morgan fingerprint density at radius 1 is 1.39 bits per heavy atom. The number of hydrogen-bond donors (Lipinski definition) is 1. The van der Waals surface area contributed by atoms with Gasteiger partial charge in [-0.05, 0) is 36.2 Å². The predicted octanol–water partition coefficient (Wildman–Crippen LogP) is 3.93. The van der Waals surface area contributed by atoms with Gasteiger partial charge in [0.1, 0.15) is 17.0 Å². The van der Waals surface area contributed by atoms with Gasteiger partial charge in [0.25, 0.3) is 0 Å². The molecule has 1 fully saturated rings. The third-order valence-electron chi connectivity index (χ3n) is 4.95. The summed E-state index contributed by atoms with van der Waals surface area (Å²) in [7, 11) is 1.45. The van der Waals surface area contributed by atoms with E-state index in [0.717, 1.165) is 39.4 Å². The molecule has 4 rings (SSSR count). The Morgan fingerprint density at radius 2 is 2.25 bits per heavy atom. The molecule has 1 amide bonds. The fraction of sp³-hybridized carbons (Fsp3) is 0.350. The molecule has 1 aliphatic heterocycles. The summed E-state index contributed by atoms with van der Waals surface area (Å²) in [6.45, 7) is 3.32. The van der Waals surface area contributed by atoms with Crippen LogP contribution >= 0.6 is 11.3 Å². The molecule has 3 heterocycles. The van der Waals surface area contributed by atoms with E-state index in [9.17, 15) is 9.18 Å².